The molecule has 1 amide bonds. The number of nitrogen functional groups attached to an aromatic ring is 1. The Morgan fingerprint density at radius 2 is 1.85 bits per heavy atom. The molecule has 1 rings (SSSR count). The molecule has 0 spiro atoms. The van der Waals surface area contributed by atoms with Crippen molar-refractivity contribution in [3.8, 4) is 0 Å². The van der Waals surface area contributed by atoms with Crippen molar-refractivity contribution in [2.45, 2.75) is 19.5 Å². The van der Waals surface area contributed by atoms with Gasteiger partial charge < -0.3 is 10.6 Å². The highest BCUT2D eigenvalue weighted by atomic mass is 19.4. The number of amides is 1. The summed E-state index contributed by atoms with van der Waals surface area (Å²) in [7, 11) is 0. The molecular weight excluding hydrogens is 283 g/mol. The zero-order chi connectivity index (χ0) is 15.5. The lowest BCUT2D eigenvalue weighted by molar-refractivity contribution is -0.140. The highest BCUT2D eigenvalue weighted by Crippen LogP contribution is 2.22. The molecule has 2 N–H and O–H groups in total. The van der Waals surface area contributed by atoms with Crippen LogP contribution in [0.1, 0.15) is 23.7 Å². The van der Waals surface area contributed by atoms with Gasteiger partial charge in [-0.3, -0.25) is 4.79 Å². The van der Waals surface area contributed by atoms with Crippen molar-refractivity contribution in [3.05, 3.63) is 29.3 Å². The Hall–Kier alpha value is -1.86. The molecule has 0 fully saturated rings. The molecule has 0 unspecified atom stereocenters. The maximum absolute atomic E-state index is 13.5. The van der Waals surface area contributed by atoms with Gasteiger partial charge in [0.15, 0.2) is 0 Å². The number of nitrogens with two attached hydrogens (primary N) is 1. The lowest BCUT2D eigenvalue weighted by Crippen LogP contribution is -2.39. The molecule has 0 bridgehead atoms. The molecule has 112 valence electrons. The maximum atomic E-state index is 13.5. The van der Waals surface area contributed by atoms with Crippen molar-refractivity contribution in [2.24, 2.45) is 0 Å². The minimum atomic E-state index is -4.60. The summed E-state index contributed by atoms with van der Waals surface area (Å²) < 4.78 is 63.6. The van der Waals surface area contributed by atoms with E-state index in [4.69, 9.17) is 5.73 Å². The first-order chi connectivity index (χ1) is 9.15. The Bertz CT molecular complexity index is 501. The van der Waals surface area contributed by atoms with Crippen molar-refractivity contribution >= 4 is 11.6 Å². The van der Waals surface area contributed by atoms with Gasteiger partial charge in [0.05, 0.1) is 11.3 Å². The summed E-state index contributed by atoms with van der Waals surface area (Å²) in [4.78, 5) is 12.4. The van der Waals surface area contributed by atoms with Gasteiger partial charge in [-0.05, 0) is 12.5 Å². The summed E-state index contributed by atoms with van der Waals surface area (Å²) >= 11 is 0. The molecule has 0 aromatic heterocycles. The molecule has 0 radical (unpaired) electrons. The van der Waals surface area contributed by atoms with Gasteiger partial charge in [-0.1, -0.05) is 6.92 Å². The summed E-state index contributed by atoms with van der Waals surface area (Å²) in [6.07, 6.45) is -4.34. The van der Waals surface area contributed by atoms with Crippen molar-refractivity contribution in [1.29, 1.82) is 0 Å². The fourth-order valence-electron chi connectivity index (χ4n) is 1.64. The predicted molar refractivity (Wildman–Crippen MR) is 63.0 cm³/mol. The number of hydrogen-bond acceptors (Lipinski definition) is 2. The van der Waals surface area contributed by atoms with Crippen molar-refractivity contribution in [3.63, 3.8) is 0 Å². The Labute approximate surface area is 112 Å². The highest BCUT2D eigenvalue weighted by molar-refractivity contribution is 5.95. The molecule has 3 nitrogen and oxygen atoms in total. The minimum absolute atomic E-state index is 0.199. The van der Waals surface area contributed by atoms with Crippen molar-refractivity contribution in [2.75, 3.05) is 18.8 Å². The first-order valence-corrected chi connectivity index (χ1v) is 5.76. The molecule has 0 aliphatic heterocycles. The van der Waals surface area contributed by atoms with Gasteiger partial charge in [0, 0.05) is 12.6 Å². The predicted octanol–water partition coefficient (Wildman–Crippen LogP) is 2.96. The molecular formula is C12H13F5N2O. The monoisotopic (exact) mass is 296 g/mol. The Kier molecular flexibility index (Phi) is 4.91. The van der Waals surface area contributed by atoms with E-state index < -0.39 is 41.5 Å². The Morgan fingerprint density at radius 1 is 1.25 bits per heavy atom. The van der Waals surface area contributed by atoms with Crippen LogP contribution in [0.15, 0.2) is 12.1 Å². The van der Waals surface area contributed by atoms with Crippen LogP contribution >= 0.6 is 0 Å². The average Bonchev–Trinajstić information content (AvgIpc) is 2.31. The summed E-state index contributed by atoms with van der Waals surface area (Å²) in [5, 5.41) is 0. The van der Waals surface area contributed by atoms with Crippen LogP contribution in [0.4, 0.5) is 27.6 Å². The third kappa shape index (κ3) is 4.07. The quantitative estimate of drug-likeness (QED) is 0.686. The zero-order valence-corrected chi connectivity index (χ0v) is 10.6. The van der Waals surface area contributed by atoms with Gasteiger partial charge in [-0.2, -0.15) is 13.2 Å². The van der Waals surface area contributed by atoms with E-state index in [0.29, 0.717) is 17.0 Å². The number of hydrogen-bond donors (Lipinski definition) is 1. The number of halogens is 5. The fourth-order valence-corrected chi connectivity index (χ4v) is 1.64. The number of rotatable bonds is 4. The third-order valence-electron chi connectivity index (χ3n) is 2.47. The smallest absolute Gasteiger partial charge is 0.396 e. The van der Waals surface area contributed by atoms with Crippen molar-refractivity contribution in [1.82, 2.24) is 4.90 Å². The van der Waals surface area contributed by atoms with Crippen LogP contribution < -0.4 is 5.73 Å². The molecule has 1 aromatic rings. The lowest BCUT2D eigenvalue weighted by atomic mass is 10.1. The number of carbonyl (C=O) groups excluding carboxylic acids is 1. The van der Waals surface area contributed by atoms with E-state index in [1.807, 2.05) is 0 Å². The van der Waals surface area contributed by atoms with E-state index in [9.17, 15) is 26.7 Å². The van der Waals surface area contributed by atoms with E-state index in [2.05, 4.69) is 0 Å². The minimum Gasteiger partial charge on any atom is -0.396 e. The van der Waals surface area contributed by atoms with Crippen LogP contribution in [0.5, 0.6) is 0 Å². The molecule has 0 heterocycles. The molecule has 1 aromatic carbocycles. The van der Waals surface area contributed by atoms with Crippen LogP contribution in [0, 0.1) is 11.6 Å². The van der Waals surface area contributed by atoms with E-state index in [1.54, 1.807) is 6.92 Å². The topological polar surface area (TPSA) is 46.3 Å². The standard InChI is InChI=1S/C12H13F5N2O/c1-2-3-19(6-12(15,16)17)11(20)7-4-10(18)9(14)5-8(7)13/h4-5H,2-3,6,18H2,1H3. The number of alkyl halides is 3. The molecule has 0 aliphatic carbocycles. The van der Waals surface area contributed by atoms with Crippen LogP contribution in [0.2, 0.25) is 0 Å². The van der Waals surface area contributed by atoms with Gasteiger partial charge in [0.1, 0.15) is 18.2 Å². The number of nitrogens with zero attached hydrogens (tertiary/aromatic N) is 1. The normalized spacial score (nSPS) is 11.5. The molecule has 0 atom stereocenters. The molecule has 20 heavy (non-hydrogen) atoms. The highest BCUT2D eigenvalue weighted by Gasteiger charge is 2.33. The van der Waals surface area contributed by atoms with E-state index in [-0.39, 0.29) is 13.0 Å². The summed E-state index contributed by atoms with van der Waals surface area (Å²) in [5.41, 5.74) is 4.01. The SMILES string of the molecule is CCCN(CC(F)(F)F)C(=O)c1cc(N)c(F)cc1F. The molecule has 0 saturated carbocycles. The third-order valence-corrected chi connectivity index (χ3v) is 2.47. The Morgan fingerprint density at radius 3 is 2.35 bits per heavy atom. The first kappa shape index (κ1) is 16.2. The maximum Gasteiger partial charge on any atom is 0.406 e. The van der Waals surface area contributed by atoms with E-state index >= 15 is 0 Å². The molecule has 0 aliphatic rings. The average molecular weight is 296 g/mol. The van der Waals surface area contributed by atoms with E-state index in [0.717, 1.165) is 0 Å². The first-order valence-electron chi connectivity index (χ1n) is 5.76. The van der Waals surface area contributed by atoms with Crippen LogP contribution in [-0.2, 0) is 0 Å². The van der Waals surface area contributed by atoms with Crippen LogP contribution in [0.25, 0.3) is 0 Å². The lowest BCUT2D eigenvalue weighted by Gasteiger charge is -2.23. The summed E-state index contributed by atoms with van der Waals surface area (Å²) in [6, 6.07) is 1.08. The second kappa shape index (κ2) is 6.06. The second-order valence-electron chi connectivity index (χ2n) is 4.20. The number of carbonyl (C=O) groups is 1. The summed E-state index contributed by atoms with van der Waals surface area (Å²) in [5.74, 6) is -3.49. The van der Waals surface area contributed by atoms with Gasteiger partial charge in [0.2, 0.25) is 0 Å². The largest absolute Gasteiger partial charge is 0.406 e. The Balaban J connectivity index is 3.09. The van der Waals surface area contributed by atoms with Gasteiger partial charge in [0.25, 0.3) is 5.91 Å². The van der Waals surface area contributed by atoms with Gasteiger partial charge in [-0.15, -0.1) is 0 Å². The molecule has 8 heteroatoms. The van der Waals surface area contributed by atoms with Crippen LogP contribution in [-0.4, -0.2) is 30.1 Å². The second-order valence-corrected chi connectivity index (χ2v) is 4.20. The van der Waals surface area contributed by atoms with Crippen molar-refractivity contribution < 1.29 is 26.7 Å². The summed E-state index contributed by atoms with van der Waals surface area (Å²) in [6.45, 7) is -0.127. The van der Waals surface area contributed by atoms with E-state index in [1.165, 1.54) is 0 Å². The zero-order valence-electron chi connectivity index (χ0n) is 10.6. The van der Waals surface area contributed by atoms with Gasteiger partial charge in [-0.25, -0.2) is 8.78 Å². The van der Waals surface area contributed by atoms with Gasteiger partial charge >= 0.3 is 6.18 Å². The number of benzene rings is 1. The fraction of sp³-hybridized carbons (Fsp3) is 0.417. The number of anilines is 1. The van der Waals surface area contributed by atoms with Crippen LogP contribution in [0.3, 0.4) is 0 Å². The molecule has 0 saturated heterocycles.